The largest absolute Gasteiger partial charge is 0.243 e. The molecule has 3 nitrogen and oxygen atoms in total. The molecule has 0 fully saturated rings. The summed E-state index contributed by atoms with van der Waals surface area (Å²) in [6.07, 6.45) is 0. The highest BCUT2D eigenvalue weighted by Crippen LogP contribution is 2.21. The van der Waals surface area contributed by atoms with Crippen molar-refractivity contribution in [3.05, 3.63) is 65.5 Å². The van der Waals surface area contributed by atoms with Crippen LogP contribution in [0.25, 0.3) is 0 Å². The van der Waals surface area contributed by atoms with Crippen LogP contribution in [0.3, 0.4) is 0 Å². The van der Waals surface area contributed by atoms with E-state index in [9.17, 15) is 12.8 Å². The highest BCUT2D eigenvalue weighted by Gasteiger charge is 2.24. The third-order valence-corrected chi connectivity index (χ3v) is 5.39. The molecule has 2 aromatic carbocycles. The number of hydrogen-bond acceptors (Lipinski definition) is 2. The van der Waals surface area contributed by atoms with Gasteiger partial charge in [0.15, 0.2) is 0 Å². The molecule has 112 valence electrons. The van der Waals surface area contributed by atoms with E-state index in [1.807, 2.05) is 0 Å². The third-order valence-electron chi connectivity index (χ3n) is 3.31. The van der Waals surface area contributed by atoms with E-state index in [2.05, 4.69) is 0 Å². The van der Waals surface area contributed by atoms with Gasteiger partial charge in [-0.05, 0) is 36.2 Å². The summed E-state index contributed by atoms with van der Waals surface area (Å²) in [6, 6.07) is 12.9. The van der Waals surface area contributed by atoms with Gasteiger partial charge in [-0.1, -0.05) is 37.3 Å². The Bertz CT molecular complexity index is 729. The molecule has 0 N–H and O–H groups in total. The quantitative estimate of drug-likeness (QED) is 0.849. The van der Waals surface area contributed by atoms with E-state index in [0.717, 1.165) is 0 Å². The smallest absolute Gasteiger partial charge is 0.207 e. The second-order valence-corrected chi connectivity index (χ2v) is 6.73. The zero-order valence-corrected chi connectivity index (χ0v) is 12.9. The molecule has 2 aromatic rings. The molecule has 0 bridgehead atoms. The van der Waals surface area contributed by atoms with Crippen molar-refractivity contribution in [3.63, 3.8) is 0 Å². The van der Waals surface area contributed by atoms with Crippen molar-refractivity contribution >= 4 is 10.0 Å². The van der Waals surface area contributed by atoms with E-state index >= 15 is 0 Å². The number of aryl methyl sites for hydroxylation is 1. The maximum atomic E-state index is 13.2. The fourth-order valence-corrected chi connectivity index (χ4v) is 3.85. The average Bonchev–Trinajstić information content (AvgIpc) is 2.45. The van der Waals surface area contributed by atoms with Crippen molar-refractivity contribution in [2.45, 2.75) is 25.3 Å². The monoisotopic (exact) mass is 307 g/mol. The first-order valence-electron chi connectivity index (χ1n) is 6.75. The minimum absolute atomic E-state index is 0.158. The Morgan fingerprint density at radius 2 is 1.81 bits per heavy atom. The number of nitrogens with zero attached hydrogens (tertiary/aromatic N) is 1. The molecule has 0 heterocycles. The van der Waals surface area contributed by atoms with Gasteiger partial charge in [0.05, 0.1) is 4.90 Å². The molecular formula is C16H18FNO2S. The number of sulfonamides is 1. The van der Waals surface area contributed by atoms with Crippen molar-refractivity contribution in [3.8, 4) is 0 Å². The first-order chi connectivity index (χ1) is 9.95. The zero-order valence-electron chi connectivity index (χ0n) is 12.1. The van der Waals surface area contributed by atoms with Crippen molar-refractivity contribution < 1.29 is 12.8 Å². The Morgan fingerprint density at radius 1 is 1.10 bits per heavy atom. The second kappa shape index (κ2) is 6.37. The van der Waals surface area contributed by atoms with E-state index in [1.54, 1.807) is 50.2 Å². The fourth-order valence-electron chi connectivity index (χ4n) is 2.19. The van der Waals surface area contributed by atoms with E-state index in [4.69, 9.17) is 0 Å². The molecule has 0 aliphatic heterocycles. The van der Waals surface area contributed by atoms with Gasteiger partial charge in [0.25, 0.3) is 0 Å². The van der Waals surface area contributed by atoms with Gasteiger partial charge in [-0.2, -0.15) is 4.31 Å². The van der Waals surface area contributed by atoms with Gasteiger partial charge < -0.3 is 0 Å². The van der Waals surface area contributed by atoms with Gasteiger partial charge in [0.1, 0.15) is 5.82 Å². The van der Waals surface area contributed by atoms with E-state index in [1.165, 1.54) is 16.4 Å². The van der Waals surface area contributed by atoms with Gasteiger partial charge in [0, 0.05) is 13.1 Å². The third kappa shape index (κ3) is 3.49. The molecule has 0 radical (unpaired) electrons. The maximum absolute atomic E-state index is 13.2. The van der Waals surface area contributed by atoms with Crippen LogP contribution in [-0.4, -0.2) is 19.3 Å². The Morgan fingerprint density at radius 3 is 2.43 bits per heavy atom. The van der Waals surface area contributed by atoms with E-state index < -0.39 is 10.0 Å². The van der Waals surface area contributed by atoms with Crippen LogP contribution in [-0.2, 0) is 16.6 Å². The molecule has 0 aromatic heterocycles. The highest BCUT2D eigenvalue weighted by molar-refractivity contribution is 7.89. The van der Waals surface area contributed by atoms with Crippen LogP contribution in [0.2, 0.25) is 0 Å². The van der Waals surface area contributed by atoms with E-state index in [0.29, 0.717) is 22.6 Å². The molecule has 5 heteroatoms. The lowest BCUT2D eigenvalue weighted by molar-refractivity contribution is 0.422. The van der Waals surface area contributed by atoms with Crippen molar-refractivity contribution in [1.29, 1.82) is 0 Å². The molecule has 0 aliphatic rings. The second-order valence-electron chi connectivity index (χ2n) is 4.83. The molecule has 0 saturated heterocycles. The minimum Gasteiger partial charge on any atom is -0.207 e. The SMILES string of the molecule is CCN(Cc1cccc(F)c1)S(=O)(=O)c1ccccc1C. The van der Waals surface area contributed by atoms with Gasteiger partial charge in [-0.3, -0.25) is 0 Å². The van der Waals surface area contributed by atoms with Crippen LogP contribution in [0.1, 0.15) is 18.1 Å². The van der Waals surface area contributed by atoms with Crippen molar-refractivity contribution in [2.75, 3.05) is 6.54 Å². The summed E-state index contributed by atoms with van der Waals surface area (Å²) < 4.78 is 40.0. The Labute approximate surface area is 125 Å². The Kier molecular flexibility index (Phi) is 4.75. The molecule has 0 unspecified atom stereocenters. The van der Waals surface area contributed by atoms with Crippen LogP contribution in [0.5, 0.6) is 0 Å². The van der Waals surface area contributed by atoms with Gasteiger partial charge in [-0.25, -0.2) is 12.8 Å². The van der Waals surface area contributed by atoms with Gasteiger partial charge in [-0.15, -0.1) is 0 Å². The molecular weight excluding hydrogens is 289 g/mol. The lowest BCUT2D eigenvalue weighted by atomic mass is 10.2. The molecule has 0 aliphatic carbocycles. The lowest BCUT2D eigenvalue weighted by Crippen LogP contribution is -2.31. The van der Waals surface area contributed by atoms with Crippen molar-refractivity contribution in [2.24, 2.45) is 0 Å². The Balaban J connectivity index is 2.35. The summed E-state index contributed by atoms with van der Waals surface area (Å²) in [6.45, 7) is 4.02. The van der Waals surface area contributed by atoms with Crippen LogP contribution in [0, 0.1) is 12.7 Å². The van der Waals surface area contributed by atoms with Gasteiger partial charge in [0.2, 0.25) is 10.0 Å². The summed E-state index contributed by atoms with van der Waals surface area (Å²) >= 11 is 0. The summed E-state index contributed by atoms with van der Waals surface area (Å²) in [5.74, 6) is -0.364. The summed E-state index contributed by atoms with van der Waals surface area (Å²) in [4.78, 5) is 0.295. The first-order valence-corrected chi connectivity index (χ1v) is 8.19. The molecule has 0 spiro atoms. The van der Waals surface area contributed by atoms with E-state index in [-0.39, 0.29) is 12.4 Å². The molecule has 0 amide bonds. The van der Waals surface area contributed by atoms with Crippen LogP contribution in [0.15, 0.2) is 53.4 Å². The molecule has 0 saturated carbocycles. The van der Waals surface area contributed by atoms with Crippen LogP contribution in [0.4, 0.5) is 4.39 Å². The standard InChI is InChI=1S/C16H18FNO2S/c1-3-18(12-14-8-6-9-15(17)11-14)21(19,20)16-10-5-4-7-13(16)2/h4-11H,3,12H2,1-2H3. The number of benzene rings is 2. The maximum Gasteiger partial charge on any atom is 0.243 e. The summed E-state index contributed by atoms with van der Waals surface area (Å²) in [7, 11) is -3.58. The normalized spacial score (nSPS) is 11.8. The predicted octanol–water partition coefficient (Wildman–Crippen LogP) is 3.34. The number of rotatable bonds is 5. The van der Waals surface area contributed by atoms with Crippen molar-refractivity contribution in [1.82, 2.24) is 4.31 Å². The zero-order chi connectivity index (χ0) is 15.5. The average molecular weight is 307 g/mol. The van der Waals surface area contributed by atoms with Crippen LogP contribution < -0.4 is 0 Å². The minimum atomic E-state index is -3.58. The summed E-state index contributed by atoms with van der Waals surface area (Å²) in [5, 5.41) is 0. The van der Waals surface area contributed by atoms with Crippen LogP contribution >= 0.6 is 0 Å². The Hall–Kier alpha value is -1.72. The first kappa shape index (κ1) is 15.7. The fraction of sp³-hybridized carbons (Fsp3) is 0.250. The number of halogens is 1. The topological polar surface area (TPSA) is 37.4 Å². The lowest BCUT2D eigenvalue weighted by Gasteiger charge is -2.21. The molecule has 21 heavy (non-hydrogen) atoms. The molecule has 0 atom stereocenters. The van der Waals surface area contributed by atoms with Gasteiger partial charge >= 0.3 is 0 Å². The predicted molar refractivity (Wildman–Crippen MR) is 80.8 cm³/mol. The molecule has 2 rings (SSSR count). The summed E-state index contributed by atoms with van der Waals surface area (Å²) in [5.41, 5.74) is 1.34. The number of hydrogen-bond donors (Lipinski definition) is 0. The highest BCUT2D eigenvalue weighted by atomic mass is 32.2.